The number of nitrogens with zero attached hydrogens (tertiary/aromatic N) is 3. The predicted molar refractivity (Wildman–Crippen MR) is 87.6 cm³/mol. The lowest BCUT2D eigenvalue weighted by Gasteiger charge is -2.42. The van der Waals surface area contributed by atoms with Crippen molar-refractivity contribution in [3.63, 3.8) is 0 Å². The molecule has 4 heteroatoms. The number of anilines is 1. The quantitative estimate of drug-likeness (QED) is 0.921. The Kier molecular flexibility index (Phi) is 4.18. The Bertz CT molecular complexity index is 468. The summed E-state index contributed by atoms with van der Waals surface area (Å²) in [4.78, 5) is 9.81. The summed E-state index contributed by atoms with van der Waals surface area (Å²) in [5.74, 6) is 1.14. The van der Waals surface area contributed by atoms with Crippen LogP contribution in [0.25, 0.3) is 0 Å². The van der Waals surface area contributed by atoms with Gasteiger partial charge >= 0.3 is 0 Å². The number of aromatic nitrogens is 1. The van der Waals surface area contributed by atoms with Crippen molar-refractivity contribution in [3.8, 4) is 0 Å². The summed E-state index contributed by atoms with van der Waals surface area (Å²) in [6, 6.07) is 7.16. The molecule has 2 heterocycles. The van der Waals surface area contributed by atoms with Crippen LogP contribution in [-0.2, 0) is 6.54 Å². The number of hydrogen-bond donors (Lipinski definition) is 1. The first kappa shape index (κ1) is 14.8. The van der Waals surface area contributed by atoms with Gasteiger partial charge in [0.15, 0.2) is 0 Å². The maximum atomic E-state index is 4.83. The Morgan fingerprint density at radius 1 is 1.14 bits per heavy atom. The van der Waals surface area contributed by atoms with Gasteiger partial charge in [0.25, 0.3) is 0 Å². The van der Waals surface area contributed by atoms with Gasteiger partial charge in [-0.3, -0.25) is 4.90 Å². The molecule has 0 amide bonds. The van der Waals surface area contributed by atoms with Gasteiger partial charge in [-0.25, -0.2) is 4.98 Å². The summed E-state index contributed by atoms with van der Waals surface area (Å²) in [7, 11) is 0. The largest absolute Gasteiger partial charge is 0.354 e. The molecule has 1 aromatic rings. The van der Waals surface area contributed by atoms with Crippen molar-refractivity contribution in [3.05, 3.63) is 23.9 Å². The van der Waals surface area contributed by atoms with Gasteiger partial charge in [0.2, 0.25) is 0 Å². The zero-order valence-electron chi connectivity index (χ0n) is 13.6. The molecule has 4 nitrogen and oxygen atoms in total. The Morgan fingerprint density at radius 3 is 2.48 bits per heavy atom. The summed E-state index contributed by atoms with van der Waals surface area (Å²) in [6.45, 7) is 12.2. The molecule has 1 aliphatic carbocycles. The molecular weight excluding hydrogens is 260 g/mol. The third kappa shape index (κ3) is 3.95. The van der Waals surface area contributed by atoms with Crippen LogP contribution < -0.4 is 10.2 Å². The summed E-state index contributed by atoms with van der Waals surface area (Å²) in [5, 5.41) is 3.54. The van der Waals surface area contributed by atoms with Crippen molar-refractivity contribution in [2.75, 3.05) is 31.1 Å². The number of piperazine rings is 1. The van der Waals surface area contributed by atoms with E-state index in [4.69, 9.17) is 4.98 Å². The highest BCUT2D eigenvalue weighted by atomic mass is 15.3. The molecule has 1 N–H and O–H groups in total. The summed E-state index contributed by atoms with van der Waals surface area (Å²) >= 11 is 0. The van der Waals surface area contributed by atoms with Crippen LogP contribution in [0.2, 0.25) is 0 Å². The number of pyridine rings is 1. The van der Waals surface area contributed by atoms with E-state index in [0.717, 1.165) is 50.3 Å². The normalized spacial score (nSPS) is 20.8. The highest BCUT2D eigenvalue weighted by Crippen LogP contribution is 2.21. The highest BCUT2D eigenvalue weighted by Gasteiger charge is 2.26. The van der Waals surface area contributed by atoms with E-state index in [9.17, 15) is 0 Å². The fourth-order valence-electron chi connectivity index (χ4n) is 2.88. The average molecular weight is 288 g/mol. The minimum absolute atomic E-state index is 0.273. The molecular formula is C17H28N4. The van der Waals surface area contributed by atoms with Gasteiger partial charge in [-0.15, -0.1) is 0 Å². The van der Waals surface area contributed by atoms with Crippen molar-refractivity contribution >= 4 is 5.82 Å². The zero-order valence-corrected chi connectivity index (χ0v) is 13.6. The Balaban J connectivity index is 1.58. The molecule has 3 rings (SSSR count). The van der Waals surface area contributed by atoms with Crippen molar-refractivity contribution in [1.82, 2.24) is 15.2 Å². The van der Waals surface area contributed by atoms with Crippen LogP contribution in [0, 0.1) is 0 Å². The van der Waals surface area contributed by atoms with E-state index in [1.54, 1.807) is 0 Å². The van der Waals surface area contributed by atoms with E-state index < -0.39 is 0 Å². The van der Waals surface area contributed by atoms with Gasteiger partial charge in [-0.05, 0) is 45.7 Å². The molecule has 0 spiro atoms. The fourth-order valence-corrected chi connectivity index (χ4v) is 2.88. The molecule has 116 valence electrons. The molecule has 0 radical (unpaired) electrons. The van der Waals surface area contributed by atoms with Crippen LogP contribution >= 0.6 is 0 Å². The minimum Gasteiger partial charge on any atom is -0.354 e. The van der Waals surface area contributed by atoms with Crippen molar-refractivity contribution in [2.24, 2.45) is 0 Å². The smallest absolute Gasteiger partial charge is 0.128 e. The van der Waals surface area contributed by atoms with Gasteiger partial charge < -0.3 is 10.2 Å². The molecule has 2 aliphatic rings. The molecule has 1 aromatic heterocycles. The summed E-state index contributed by atoms with van der Waals surface area (Å²) in [5.41, 5.74) is 1.44. The van der Waals surface area contributed by atoms with Crippen LogP contribution in [-0.4, -0.2) is 47.6 Å². The monoisotopic (exact) mass is 288 g/mol. The zero-order chi connectivity index (χ0) is 14.9. The van der Waals surface area contributed by atoms with Crippen molar-refractivity contribution in [1.29, 1.82) is 0 Å². The van der Waals surface area contributed by atoms with Gasteiger partial charge in [0.1, 0.15) is 5.82 Å². The van der Waals surface area contributed by atoms with E-state index >= 15 is 0 Å². The molecule has 2 fully saturated rings. The molecule has 21 heavy (non-hydrogen) atoms. The van der Waals surface area contributed by atoms with Gasteiger partial charge in [-0.1, -0.05) is 6.07 Å². The topological polar surface area (TPSA) is 31.4 Å². The molecule has 1 saturated heterocycles. The number of rotatable bonds is 4. The second-order valence-corrected chi connectivity index (χ2v) is 7.29. The first-order valence-corrected chi connectivity index (χ1v) is 8.22. The molecule has 0 bridgehead atoms. The van der Waals surface area contributed by atoms with Crippen LogP contribution in [0.3, 0.4) is 0 Å². The van der Waals surface area contributed by atoms with Crippen LogP contribution in [0.4, 0.5) is 5.82 Å². The van der Waals surface area contributed by atoms with E-state index in [1.165, 1.54) is 12.8 Å². The maximum absolute atomic E-state index is 4.83. The second kappa shape index (κ2) is 5.93. The van der Waals surface area contributed by atoms with Crippen LogP contribution in [0.5, 0.6) is 0 Å². The highest BCUT2D eigenvalue weighted by molar-refractivity contribution is 5.40. The SMILES string of the molecule is CC(C)(C)N1CCN(c2cccc(CNC3CC3)n2)CC1. The summed E-state index contributed by atoms with van der Waals surface area (Å²) in [6.07, 6.45) is 2.66. The lowest BCUT2D eigenvalue weighted by Crippen LogP contribution is -2.53. The lowest BCUT2D eigenvalue weighted by molar-refractivity contribution is 0.128. The Labute approximate surface area is 128 Å². The molecule has 1 saturated carbocycles. The van der Waals surface area contributed by atoms with Crippen LogP contribution in [0.15, 0.2) is 18.2 Å². The van der Waals surface area contributed by atoms with E-state index in [0.29, 0.717) is 0 Å². The third-order valence-electron chi connectivity index (χ3n) is 4.49. The first-order valence-electron chi connectivity index (χ1n) is 8.22. The molecule has 0 aromatic carbocycles. The number of nitrogens with one attached hydrogen (secondary N) is 1. The van der Waals surface area contributed by atoms with Gasteiger partial charge in [0, 0.05) is 44.3 Å². The van der Waals surface area contributed by atoms with Gasteiger partial charge in [0.05, 0.1) is 5.69 Å². The Hall–Kier alpha value is -1.13. The van der Waals surface area contributed by atoms with Crippen molar-refractivity contribution in [2.45, 2.75) is 51.7 Å². The predicted octanol–water partition coefficient (Wildman–Crippen LogP) is 2.25. The second-order valence-electron chi connectivity index (χ2n) is 7.29. The molecule has 0 unspecified atom stereocenters. The Morgan fingerprint density at radius 2 is 1.86 bits per heavy atom. The molecule has 1 aliphatic heterocycles. The van der Waals surface area contributed by atoms with E-state index in [-0.39, 0.29) is 5.54 Å². The standard InChI is InChI=1S/C17H28N4/c1-17(2,3)21-11-9-20(10-12-21)16-6-4-5-15(19-16)13-18-14-7-8-14/h4-6,14,18H,7-13H2,1-3H3. The van der Waals surface area contributed by atoms with E-state index in [1.807, 2.05) is 0 Å². The van der Waals surface area contributed by atoms with Crippen molar-refractivity contribution < 1.29 is 0 Å². The van der Waals surface area contributed by atoms with Crippen LogP contribution in [0.1, 0.15) is 39.3 Å². The number of hydrogen-bond acceptors (Lipinski definition) is 4. The third-order valence-corrected chi connectivity index (χ3v) is 4.49. The first-order chi connectivity index (χ1) is 10.0. The lowest BCUT2D eigenvalue weighted by atomic mass is 10.1. The fraction of sp³-hybridized carbons (Fsp3) is 0.706. The minimum atomic E-state index is 0.273. The molecule has 0 atom stereocenters. The maximum Gasteiger partial charge on any atom is 0.128 e. The van der Waals surface area contributed by atoms with Gasteiger partial charge in [-0.2, -0.15) is 0 Å². The van der Waals surface area contributed by atoms with E-state index in [2.05, 4.69) is 54.1 Å². The average Bonchev–Trinajstić information content (AvgIpc) is 3.29. The summed E-state index contributed by atoms with van der Waals surface area (Å²) < 4.78 is 0.